The second kappa shape index (κ2) is 5.92. The van der Waals surface area contributed by atoms with Gasteiger partial charge in [-0.05, 0) is 31.2 Å². The van der Waals surface area contributed by atoms with Crippen molar-refractivity contribution in [3.05, 3.63) is 47.9 Å². The molecule has 0 bridgehead atoms. The molecule has 2 aromatic rings. The van der Waals surface area contributed by atoms with Gasteiger partial charge in [0, 0.05) is 11.8 Å². The predicted molar refractivity (Wildman–Crippen MR) is 71.0 cm³/mol. The summed E-state index contributed by atoms with van der Waals surface area (Å²) < 4.78 is 10.2. The quantitative estimate of drug-likeness (QED) is 0.874. The molecule has 6 heteroatoms. The van der Waals surface area contributed by atoms with Crippen LogP contribution in [0, 0.1) is 6.92 Å². The fourth-order valence-corrected chi connectivity index (χ4v) is 1.56. The number of nitrogens with one attached hydrogen (secondary N) is 1. The van der Waals surface area contributed by atoms with Gasteiger partial charge in [0.25, 0.3) is 5.91 Å². The van der Waals surface area contributed by atoms with Gasteiger partial charge in [-0.15, -0.1) is 0 Å². The first kappa shape index (κ1) is 13.7. The maximum Gasteiger partial charge on any atom is 0.341 e. The molecule has 0 saturated heterocycles. The first-order valence-electron chi connectivity index (χ1n) is 5.87. The minimum Gasteiger partial charge on any atom is -0.482 e. The predicted octanol–water partition coefficient (Wildman–Crippen LogP) is 2.30. The zero-order chi connectivity index (χ0) is 14.5. The SMILES string of the molecule is Cc1ccc(C(=O)Nc2cccc(OCC(=O)O)c2)o1. The third-order valence-electron chi connectivity index (χ3n) is 2.42. The summed E-state index contributed by atoms with van der Waals surface area (Å²) in [6.45, 7) is 1.31. The van der Waals surface area contributed by atoms with E-state index >= 15 is 0 Å². The van der Waals surface area contributed by atoms with E-state index in [0.29, 0.717) is 17.2 Å². The lowest BCUT2D eigenvalue weighted by Crippen LogP contribution is -2.12. The molecule has 0 unspecified atom stereocenters. The third kappa shape index (κ3) is 3.61. The molecule has 104 valence electrons. The van der Waals surface area contributed by atoms with Gasteiger partial charge in [-0.25, -0.2) is 4.79 Å². The van der Waals surface area contributed by atoms with Crippen molar-refractivity contribution in [2.24, 2.45) is 0 Å². The lowest BCUT2D eigenvalue weighted by Gasteiger charge is -2.06. The number of carboxylic acid groups (broad SMARTS) is 1. The summed E-state index contributed by atoms with van der Waals surface area (Å²) in [5, 5.41) is 11.2. The molecule has 0 radical (unpaired) electrons. The molecule has 0 spiro atoms. The van der Waals surface area contributed by atoms with Crippen molar-refractivity contribution in [3.63, 3.8) is 0 Å². The first-order valence-corrected chi connectivity index (χ1v) is 5.87. The minimum atomic E-state index is -1.06. The summed E-state index contributed by atoms with van der Waals surface area (Å²) in [6.07, 6.45) is 0. The second-order valence-corrected chi connectivity index (χ2v) is 4.07. The zero-order valence-corrected chi connectivity index (χ0v) is 10.8. The molecule has 1 amide bonds. The molecule has 0 aliphatic heterocycles. The standard InChI is InChI=1S/C14H13NO5/c1-9-5-6-12(20-9)14(18)15-10-3-2-4-11(7-10)19-8-13(16)17/h2-7H,8H2,1H3,(H,15,18)(H,16,17). The lowest BCUT2D eigenvalue weighted by molar-refractivity contribution is -0.139. The van der Waals surface area contributed by atoms with Crippen LogP contribution in [-0.4, -0.2) is 23.6 Å². The third-order valence-corrected chi connectivity index (χ3v) is 2.42. The Balaban J connectivity index is 2.04. The van der Waals surface area contributed by atoms with Crippen molar-refractivity contribution in [3.8, 4) is 5.75 Å². The van der Waals surface area contributed by atoms with Gasteiger partial charge in [0.2, 0.25) is 0 Å². The smallest absolute Gasteiger partial charge is 0.341 e. The number of rotatable bonds is 5. The van der Waals surface area contributed by atoms with E-state index < -0.39 is 12.6 Å². The number of carbonyl (C=O) groups is 2. The van der Waals surface area contributed by atoms with Crippen molar-refractivity contribution in [1.29, 1.82) is 0 Å². The van der Waals surface area contributed by atoms with E-state index in [4.69, 9.17) is 14.3 Å². The Kier molecular flexibility index (Phi) is 4.05. The van der Waals surface area contributed by atoms with Gasteiger partial charge in [-0.2, -0.15) is 0 Å². The van der Waals surface area contributed by atoms with E-state index in [1.807, 2.05) is 0 Å². The van der Waals surface area contributed by atoms with Crippen LogP contribution < -0.4 is 10.1 Å². The number of aliphatic carboxylic acids is 1. The van der Waals surface area contributed by atoms with Crippen LogP contribution in [0.2, 0.25) is 0 Å². The van der Waals surface area contributed by atoms with Crippen LogP contribution in [-0.2, 0) is 4.79 Å². The number of amides is 1. The van der Waals surface area contributed by atoms with Gasteiger partial charge in [-0.3, -0.25) is 4.79 Å². The number of aryl methyl sites for hydroxylation is 1. The van der Waals surface area contributed by atoms with Crippen LogP contribution in [0.15, 0.2) is 40.8 Å². The molecular formula is C14H13NO5. The normalized spacial score (nSPS) is 10.1. The molecule has 0 atom stereocenters. The Bertz CT molecular complexity index is 632. The Morgan fingerprint density at radius 1 is 1.30 bits per heavy atom. The minimum absolute atomic E-state index is 0.208. The number of benzene rings is 1. The maximum absolute atomic E-state index is 11.9. The van der Waals surface area contributed by atoms with Crippen molar-refractivity contribution >= 4 is 17.6 Å². The van der Waals surface area contributed by atoms with Gasteiger partial charge in [0.1, 0.15) is 11.5 Å². The summed E-state index contributed by atoms with van der Waals surface area (Å²) >= 11 is 0. The number of hydrogen-bond acceptors (Lipinski definition) is 4. The van der Waals surface area contributed by atoms with Crippen LogP contribution in [0.1, 0.15) is 16.3 Å². The van der Waals surface area contributed by atoms with Crippen LogP contribution in [0.25, 0.3) is 0 Å². The van der Waals surface area contributed by atoms with E-state index in [0.717, 1.165) is 0 Å². The molecule has 6 nitrogen and oxygen atoms in total. The van der Waals surface area contributed by atoms with Gasteiger partial charge < -0.3 is 19.6 Å². The Morgan fingerprint density at radius 2 is 2.10 bits per heavy atom. The Hall–Kier alpha value is -2.76. The van der Waals surface area contributed by atoms with Gasteiger partial charge in [0.05, 0.1) is 0 Å². The highest BCUT2D eigenvalue weighted by atomic mass is 16.5. The summed E-state index contributed by atoms with van der Waals surface area (Å²) in [5.41, 5.74) is 0.493. The Labute approximate surface area is 115 Å². The van der Waals surface area contributed by atoms with E-state index in [-0.39, 0.29) is 11.7 Å². The number of carbonyl (C=O) groups excluding carboxylic acids is 1. The van der Waals surface area contributed by atoms with Crippen molar-refractivity contribution in [1.82, 2.24) is 0 Å². The van der Waals surface area contributed by atoms with Crippen LogP contribution in [0.4, 0.5) is 5.69 Å². The average Bonchev–Trinajstić information content (AvgIpc) is 2.84. The van der Waals surface area contributed by atoms with Crippen LogP contribution >= 0.6 is 0 Å². The topological polar surface area (TPSA) is 88.8 Å². The van der Waals surface area contributed by atoms with E-state index in [1.165, 1.54) is 6.07 Å². The number of anilines is 1. The van der Waals surface area contributed by atoms with E-state index in [9.17, 15) is 9.59 Å². The van der Waals surface area contributed by atoms with Crippen molar-refractivity contribution in [2.75, 3.05) is 11.9 Å². The fraction of sp³-hybridized carbons (Fsp3) is 0.143. The molecule has 20 heavy (non-hydrogen) atoms. The summed E-state index contributed by atoms with van der Waals surface area (Å²) in [5.74, 6) is -0.229. The number of ether oxygens (including phenoxy) is 1. The molecule has 2 rings (SSSR count). The highest BCUT2D eigenvalue weighted by molar-refractivity contribution is 6.02. The maximum atomic E-state index is 11.9. The number of hydrogen-bond donors (Lipinski definition) is 2. The van der Waals surface area contributed by atoms with Crippen LogP contribution in [0.5, 0.6) is 5.75 Å². The molecule has 0 aliphatic carbocycles. The summed E-state index contributed by atoms with van der Waals surface area (Å²) in [4.78, 5) is 22.3. The monoisotopic (exact) mass is 275 g/mol. The largest absolute Gasteiger partial charge is 0.482 e. The number of carboxylic acids is 1. The van der Waals surface area contributed by atoms with Gasteiger partial charge in [0.15, 0.2) is 12.4 Å². The molecule has 0 fully saturated rings. The van der Waals surface area contributed by atoms with Crippen LogP contribution in [0.3, 0.4) is 0 Å². The second-order valence-electron chi connectivity index (χ2n) is 4.07. The van der Waals surface area contributed by atoms with E-state index in [1.54, 1.807) is 37.3 Å². The van der Waals surface area contributed by atoms with Crippen molar-refractivity contribution in [2.45, 2.75) is 6.92 Å². The zero-order valence-electron chi connectivity index (χ0n) is 10.8. The van der Waals surface area contributed by atoms with Gasteiger partial charge in [-0.1, -0.05) is 6.07 Å². The molecule has 0 aliphatic rings. The molecule has 2 N–H and O–H groups in total. The fourth-order valence-electron chi connectivity index (χ4n) is 1.56. The van der Waals surface area contributed by atoms with E-state index in [2.05, 4.69) is 5.32 Å². The molecular weight excluding hydrogens is 262 g/mol. The summed E-state index contributed by atoms with van der Waals surface area (Å²) in [6, 6.07) is 9.74. The lowest BCUT2D eigenvalue weighted by atomic mass is 10.3. The highest BCUT2D eigenvalue weighted by Crippen LogP contribution is 2.18. The Morgan fingerprint density at radius 3 is 2.75 bits per heavy atom. The van der Waals surface area contributed by atoms with Gasteiger partial charge >= 0.3 is 5.97 Å². The average molecular weight is 275 g/mol. The highest BCUT2D eigenvalue weighted by Gasteiger charge is 2.10. The molecule has 1 aromatic heterocycles. The molecule has 1 heterocycles. The molecule has 0 saturated carbocycles. The number of furan rings is 1. The molecule has 1 aromatic carbocycles. The first-order chi connectivity index (χ1) is 9.54. The van der Waals surface area contributed by atoms with Crippen molar-refractivity contribution < 1.29 is 23.8 Å². The summed E-state index contributed by atoms with van der Waals surface area (Å²) in [7, 11) is 0.